The van der Waals surface area contributed by atoms with Gasteiger partial charge < -0.3 is 15.1 Å². The van der Waals surface area contributed by atoms with E-state index in [1.807, 2.05) is 20.9 Å². The summed E-state index contributed by atoms with van der Waals surface area (Å²) in [6.07, 6.45) is 0. The number of nitrogens with zero attached hydrogens (tertiary/aromatic N) is 4. The molecule has 1 aromatic carbocycles. The van der Waals surface area contributed by atoms with Crippen molar-refractivity contribution in [3.05, 3.63) is 34.6 Å². The molecule has 0 aliphatic carbocycles. The molecule has 0 atom stereocenters. The summed E-state index contributed by atoms with van der Waals surface area (Å²) in [5.74, 6) is -0.932. The zero-order valence-electron chi connectivity index (χ0n) is 16.0. The van der Waals surface area contributed by atoms with Crippen LogP contribution in [0.5, 0.6) is 0 Å². The maximum atomic E-state index is 13.8. The molecule has 1 aliphatic heterocycles. The van der Waals surface area contributed by atoms with Crippen LogP contribution < -0.4 is 10.6 Å². The van der Waals surface area contributed by atoms with Crippen molar-refractivity contribution in [1.82, 2.24) is 20.0 Å². The third-order valence-corrected chi connectivity index (χ3v) is 5.55. The van der Waals surface area contributed by atoms with Crippen molar-refractivity contribution < 1.29 is 14.0 Å². The molecule has 2 aromatic rings. The van der Waals surface area contributed by atoms with Crippen LogP contribution in [0.4, 0.5) is 20.0 Å². The maximum absolute atomic E-state index is 13.8. The van der Waals surface area contributed by atoms with Gasteiger partial charge in [0.15, 0.2) is 0 Å². The summed E-state index contributed by atoms with van der Waals surface area (Å²) >= 11 is 1.26. The summed E-state index contributed by atoms with van der Waals surface area (Å²) in [4.78, 5) is 29.0. The van der Waals surface area contributed by atoms with Gasteiger partial charge in [-0.1, -0.05) is 25.2 Å². The van der Waals surface area contributed by atoms with Gasteiger partial charge in [0.2, 0.25) is 5.13 Å². The first-order valence-corrected chi connectivity index (χ1v) is 9.84. The molecule has 28 heavy (non-hydrogen) atoms. The molecule has 0 radical (unpaired) electrons. The number of rotatable bonds is 4. The Morgan fingerprint density at radius 3 is 2.50 bits per heavy atom. The van der Waals surface area contributed by atoms with E-state index >= 15 is 0 Å². The van der Waals surface area contributed by atoms with E-state index in [9.17, 15) is 14.0 Å². The molecule has 1 fully saturated rings. The average molecular weight is 406 g/mol. The molecule has 0 spiro atoms. The first-order valence-electron chi connectivity index (χ1n) is 9.02. The van der Waals surface area contributed by atoms with E-state index in [0.29, 0.717) is 18.2 Å². The van der Waals surface area contributed by atoms with Gasteiger partial charge in [0.1, 0.15) is 10.8 Å². The number of carbonyl (C=O) groups excluding carboxylic acids is 2. The standard InChI is InChI=1S/C18H23FN6O2S/c1-11(2)16-22-23-17(28-16)21-15(26)13-10-12(19)4-5-14(13)20-18(27)25-8-6-24(3)7-9-25/h4-5,10-11H,6-9H2,1-3H3,(H,20,27)(H,21,23,26). The molecule has 1 aromatic heterocycles. The van der Waals surface area contributed by atoms with Gasteiger partial charge in [-0.25, -0.2) is 9.18 Å². The van der Waals surface area contributed by atoms with Crippen LogP contribution in [0.25, 0.3) is 0 Å². The fourth-order valence-electron chi connectivity index (χ4n) is 2.70. The lowest BCUT2D eigenvalue weighted by Gasteiger charge is -2.32. The number of hydrogen-bond acceptors (Lipinski definition) is 6. The van der Waals surface area contributed by atoms with Crippen molar-refractivity contribution in [2.45, 2.75) is 19.8 Å². The summed E-state index contributed by atoms with van der Waals surface area (Å²) in [6.45, 7) is 6.69. The smallest absolute Gasteiger partial charge is 0.321 e. The minimum absolute atomic E-state index is 0.0313. The number of aromatic nitrogens is 2. The number of urea groups is 1. The Balaban J connectivity index is 1.74. The number of halogens is 1. The zero-order valence-corrected chi connectivity index (χ0v) is 16.8. The predicted molar refractivity (Wildman–Crippen MR) is 106 cm³/mol. The molecule has 10 heteroatoms. The van der Waals surface area contributed by atoms with Crippen LogP contribution in [-0.4, -0.2) is 65.2 Å². The van der Waals surface area contributed by atoms with Crippen LogP contribution in [0, 0.1) is 5.82 Å². The Bertz CT molecular complexity index is 864. The van der Waals surface area contributed by atoms with Gasteiger partial charge in [0.25, 0.3) is 5.91 Å². The molecule has 0 bridgehead atoms. The van der Waals surface area contributed by atoms with E-state index in [1.165, 1.54) is 23.5 Å². The summed E-state index contributed by atoms with van der Waals surface area (Å²) in [7, 11) is 2.00. The minimum atomic E-state index is -0.567. The van der Waals surface area contributed by atoms with Gasteiger partial charge in [-0.3, -0.25) is 10.1 Å². The van der Waals surface area contributed by atoms with Crippen molar-refractivity contribution >= 4 is 34.1 Å². The van der Waals surface area contributed by atoms with Crippen LogP contribution in [0.1, 0.15) is 35.1 Å². The summed E-state index contributed by atoms with van der Waals surface area (Å²) in [5, 5.41) is 14.4. The Labute approximate surface area is 166 Å². The highest BCUT2D eigenvalue weighted by molar-refractivity contribution is 7.15. The molecular formula is C18H23FN6O2S. The van der Waals surface area contributed by atoms with Gasteiger partial charge in [0.05, 0.1) is 11.3 Å². The molecule has 3 amide bonds. The van der Waals surface area contributed by atoms with Crippen molar-refractivity contribution in [3.8, 4) is 0 Å². The van der Waals surface area contributed by atoms with Crippen LogP contribution in [-0.2, 0) is 0 Å². The average Bonchev–Trinajstić information content (AvgIpc) is 3.12. The second-order valence-corrected chi connectivity index (χ2v) is 7.97. The molecule has 8 nitrogen and oxygen atoms in total. The van der Waals surface area contributed by atoms with E-state index in [-0.39, 0.29) is 23.2 Å². The van der Waals surface area contributed by atoms with Crippen LogP contribution in [0.2, 0.25) is 0 Å². The second kappa shape index (κ2) is 8.61. The minimum Gasteiger partial charge on any atom is -0.322 e. The number of carbonyl (C=O) groups is 2. The Morgan fingerprint density at radius 2 is 1.86 bits per heavy atom. The van der Waals surface area contributed by atoms with Gasteiger partial charge in [-0.15, -0.1) is 10.2 Å². The van der Waals surface area contributed by atoms with E-state index in [4.69, 9.17) is 0 Å². The van der Waals surface area contributed by atoms with E-state index in [0.717, 1.165) is 24.2 Å². The number of nitrogens with one attached hydrogen (secondary N) is 2. The normalized spacial score (nSPS) is 15.0. The monoisotopic (exact) mass is 406 g/mol. The topological polar surface area (TPSA) is 90.5 Å². The predicted octanol–water partition coefficient (Wildman–Crippen LogP) is 2.83. The van der Waals surface area contributed by atoms with Gasteiger partial charge >= 0.3 is 6.03 Å². The molecular weight excluding hydrogens is 383 g/mol. The number of benzene rings is 1. The van der Waals surface area contributed by atoms with Crippen molar-refractivity contribution in [1.29, 1.82) is 0 Å². The third kappa shape index (κ3) is 4.82. The third-order valence-electron chi connectivity index (χ3n) is 4.41. The lowest BCUT2D eigenvalue weighted by molar-refractivity contribution is 0.102. The van der Waals surface area contributed by atoms with Gasteiger partial charge in [-0.05, 0) is 25.2 Å². The number of piperazine rings is 1. The highest BCUT2D eigenvalue weighted by Crippen LogP contribution is 2.24. The van der Waals surface area contributed by atoms with Crippen molar-refractivity contribution in [2.24, 2.45) is 0 Å². The molecule has 3 rings (SSSR count). The lowest BCUT2D eigenvalue weighted by atomic mass is 10.1. The molecule has 1 aliphatic rings. The lowest BCUT2D eigenvalue weighted by Crippen LogP contribution is -2.48. The Morgan fingerprint density at radius 1 is 1.14 bits per heavy atom. The van der Waals surface area contributed by atoms with Crippen molar-refractivity contribution in [2.75, 3.05) is 43.9 Å². The Hall–Kier alpha value is -2.59. The fourth-order valence-corrected chi connectivity index (χ4v) is 3.44. The van der Waals surface area contributed by atoms with Crippen LogP contribution >= 0.6 is 11.3 Å². The van der Waals surface area contributed by atoms with E-state index in [2.05, 4.69) is 25.7 Å². The van der Waals surface area contributed by atoms with Crippen molar-refractivity contribution in [3.63, 3.8) is 0 Å². The highest BCUT2D eigenvalue weighted by atomic mass is 32.1. The zero-order chi connectivity index (χ0) is 20.3. The number of anilines is 2. The summed E-state index contributed by atoms with van der Waals surface area (Å²) < 4.78 is 13.8. The molecule has 0 unspecified atom stereocenters. The largest absolute Gasteiger partial charge is 0.322 e. The highest BCUT2D eigenvalue weighted by Gasteiger charge is 2.22. The first-order chi connectivity index (χ1) is 13.3. The number of hydrogen-bond donors (Lipinski definition) is 2. The Kier molecular flexibility index (Phi) is 6.20. The summed E-state index contributed by atoms with van der Waals surface area (Å²) in [5.41, 5.74) is 0.278. The second-order valence-electron chi connectivity index (χ2n) is 6.96. The molecule has 2 heterocycles. The molecule has 150 valence electrons. The first kappa shape index (κ1) is 20.2. The van der Waals surface area contributed by atoms with Gasteiger partial charge in [-0.2, -0.15) is 0 Å². The van der Waals surface area contributed by atoms with Gasteiger partial charge in [0, 0.05) is 32.1 Å². The van der Waals surface area contributed by atoms with Crippen LogP contribution in [0.3, 0.4) is 0 Å². The SMILES string of the molecule is CC(C)c1nnc(NC(=O)c2cc(F)ccc2NC(=O)N2CCN(C)CC2)s1. The van der Waals surface area contributed by atoms with Crippen LogP contribution in [0.15, 0.2) is 18.2 Å². The molecule has 1 saturated heterocycles. The molecule has 2 N–H and O–H groups in total. The molecule has 0 saturated carbocycles. The quantitative estimate of drug-likeness (QED) is 0.815. The van der Waals surface area contributed by atoms with E-state index in [1.54, 1.807) is 4.90 Å². The maximum Gasteiger partial charge on any atom is 0.321 e. The number of likely N-dealkylation sites (N-methyl/N-ethyl adjacent to an activating group) is 1. The summed E-state index contributed by atoms with van der Waals surface area (Å²) in [6, 6.07) is 3.38. The van der Waals surface area contributed by atoms with E-state index < -0.39 is 11.7 Å². The fraction of sp³-hybridized carbons (Fsp3) is 0.444. The number of amides is 3.